The summed E-state index contributed by atoms with van der Waals surface area (Å²) in [5.74, 6) is -0.992. The normalized spacial score (nSPS) is 20.0. The Morgan fingerprint density at radius 1 is 1.33 bits per heavy atom. The molecule has 5 heteroatoms. The topological polar surface area (TPSA) is 78.4 Å². The van der Waals surface area contributed by atoms with E-state index in [2.05, 4.69) is 24.5 Å². The first-order valence-electron chi connectivity index (χ1n) is 7.19. The van der Waals surface area contributed by atoms with E-state index in [0.717, 1.165) is 19.3 Å². The maximum Gasteiger partial charge on any atom is 0.336 e. The molecule has 0 aromatic heterocycles. The van der Waals surface area contributed by atoms with E-state index in [1.807, 2.05) is 0 Å². The van der Waals surface area contributed by atoms with Crippen LogP contribution in [0.3, 0.4) is 0 Å². The third-order valence-corrected chi connectivity index (χ3v) is 4.12. The van der Waals surface area contributed by atoms with Gasteiger partial charge in [0, 0.05) is 11.7 Å². The van der Waals surface area contributed by atoms with Gasteiger partial charge in [-0.1, -0.05) is 19.9 Å². The summed E-state index contributed by atoms with van der Waals surface area (Å²) < 4.78 is 0. The molecule has 0 saturated heterocycles. The van der Waals surface area contributed by atoms with Crippen LogP contribution in [0.15, 0.2) is 18.2 Å². The molecular weight excluding hydrogens is 268 g/mol. The molecule has 1 atom stereocenters. The summed E-state index contributed by atoms with van der Waals surface area (Å²) in [5.41, 5.74) is 1.57. The molecule has 2 rings (SSSR count). The second-order valence-corrected chi connectivity index (χ2v) is 6.49. The molecule has 1 saturated carbocycles. The van der Waals surface area contributed by atoms with Gasteiger partial charge in [0.1, 0.15) is 0 Å². The fraction of sp³-hybridized carbons (Fsp3) is 0.500. The number of nitrogens with one attached hydrogen (secondary N) is 2. The summed E-state index contributed by atoms with van der Waals surface area (Å²) >= 11 is 0. The summed E-state index contributed by atoms with van der Waals surface area (Å²) in [5, 5.41) is 14.8. The van der Waals surface area contributed by atoms with Crippen molar-refractivity contribution in [3.63, 3.8) is 0 Å². The van der Waals surface area contributed by atoms with Crippen molar-refractivity contribution in [1.29, 1.82) is 0 Å². The molecule has 1 aliphatic carbocycles. The van der Waals surface area contributed by atoms with E-state index in [9.17, 15) is 9.59 Å². The third-order valence-electron chi connectivity index (χ3n) is 4.12. The van der Waals surface area contributed by atoms with Gasteiger partial charge in [-0.3, -0.25) is 0 Å². The number of amides is 2. The Balaban J connectivity index is 2.00. The van der Waals surface area contributed by atoms with Crippen LogP contribution in [0.5, 0.6) is 0 Å². The molecule has 0 radical (unpaired) electrons. The Morgan fingerprint density at radius 2 is 2.05 bits per heavy atom. The summed E-state index contributed by atoms with van der Waals surface area (Å²) in [6.45, 7) is 6.10. The highest BCUT2D eigenvalue weighted by molar-refractivity contribution is 5.95. The van der Waals surface area contributed by atoms with Crippen molar-refractivity contribution in [3.8, 4) is 0 Å². The SMILES string of the molecule is Cc1c(NC(=O)NC2CCC(C)(C)C2)cccc1C(=O)O. The smallest absolute Gasteiger partial charge is 0.336 e. The summed E-state index contributed by atoms with van der Waals surface area (Å²) in [4.78, 5) is 23.1. The average Bonchev–Trinajstić information content (AvgIpc) is 2.70. The maximum absolute atomic E-state index is 12.0. The molecular formula is C16H22N2O3. The van der Waals surface area contributed by atoms with Gasteiger partial charge in [-0.15, -0.1) is 0 Å². The lowest BCUT2D eigenvalue weighted by atomic mass is 9.92. The molecule has 3 N–H and O–H groups in total. The number of anilines is 1. The zero-order valence-electron chi connectivity index (χ0n) is 12.7. The lowest BCUT2D eigenvalue weighted by Gasteiger charge is -2.18. The summed E-state index contributed by atoms with van der Waals surface area (Å²) in [6.07, 6.45) is 3.05. The summed E-state index contributed by atoms with van der Waals surface area (Å²) in [6, 6.07) is 4.77. The van der Waals surface area contributed by atoms with Crippen LogP contribution in [-0.4, -0.2) is 23.1 Å². The Hall–Kier alpha value is -2.04. The van der Waals surface area contributed by atoms with Crippen molar-refractivity contribution < 1.29 is 14.7 Å². The maximum atomic E-state index is 12.0. The number of hydrogen-bond acceptors (Lipinski definition) is 2. The molecule has 1 aliphatic rings. The van der Waals surface area contributed by atoms with Crippen LogP contribution in [0.1, 0.15) is 49.0 Å². The van der Waals surface area contributed by atoms with Crippen LogP contribution in [0, 0.1) is 12.3 Å². The number of carbonyl (C=O) groups excluding carboxylic acids is 1. The first-order chi connectivity index (χ1) is 9.78. The van der Waals surface area contributed by atoms with Crippen molar-refractivity contribution in [3.05, 3.63) is 29.3 Å². The van der Waals surface area contributed by atoms with Gasteiger partial charge in [0.25, 0.3) is 0 Å². The van der Waals surface area contributed by atoms with Crippen LogP contribution >= 0.6 is 0 Å². The molecule has 1 aromatic carbocycles. The number of urea groups is 1. The molecule has 1 unspecified atom stereocenters. The lowest BCUT2D eigenvalue weighted by Crippen LogP contribution is -2.37. The minimum Gasteiger partial charge on any atom is -0.478 e. The Kier molecular flexibility index (Phi) is 4.21. The first-order valence-corrected chi connectivity index (χ1v) is 7.19. The van der Waals surface area contributed by atoms with Crippen LogP contribution in [0.4, 0.5) is 10.5 Å². The average molecular weight is 290 g/mol. The molecule has 0 aliphatic heterocycles. The molecule has 0 spiro atoms. The molecule has 2 amide bonds. The molecule has 0 bridgehead atoms. The Labute approximate surface area is 124 Å². The van der Waals surface area contributed by atoms with Crippen molar-refractivity contribution in [2.45, 2.75) is 46.1 Å². The number of rotatable bonds is 3. The number of carboxylic acids is 1. The van der Waals surface area contributed by atoms with Gasteiger partial charge in [0.2, 0.25) is 0 Å². The van der Waals surface area contributed by atoms with E-state index in [-0.39, 0.29) is 23.1 Å². The van der Waals surface area contributed by atoms with Gasteiger partial charge < -0.3 is 15.7 Å². The van der Waals surface area contributed by atoms with Gasteiger partial charge in [-0.2, -0.15) is 0 Å². The standard InChI is InChI=1S/C16H22N2O3/c1-10-12(14(19)20)5-4-6-13(10)18-15(21)17-11-7-8-16(2,3)9-11/h4-6,11H,7-9H2,1-3H3,(H,19,20)(H2,17,18,21). The number of aromatic carboxylic acids is 1. The molecule has 114 valence electrons. The predicted molar refractivity (Wildman–Crippen MR) is 81.7 cm³/mol. The number of carboxylic acid groups (broad SMARTS) is 1. The monoisotopic (exact) mass is 290 g/mol. The van der Waals surface area contributed by atoms with Crippen molar-refractivity contribution in [2.24, 2.45) is 5.41 Å². The van der Waals surface area contributed by atoms with E-state index in [1.54, 1.807) is 19.1 Å². The fourth-order valence-corrected chi connectivity index (χ4v) is 2.91. The number of carbonyl (C=O) groups is 2. The molecule has 1 aromatic rings. The second-order valence-electron chi connectivity index (χ2n) is 6.49. The van der Waals surface area contributed by atoms with Gasteiger partial charge in [-0.05, 0) is 49.3 Å². The van der Waals surface area contributed by atoms with Crippen molar-refractivity contribution >= 4 is 17.7 Å². The highest BCUT2D eigenvalue weighted by Gasteiger charge is 2.31. The van der Waals surface area contributed by atoms with Crippen LogP contribution in [0.2, 0.25) is 0 Å². The minimum atomic E-state index is -0.992. The van der Waals surface area contributed by atoms with Crippen LogP contribution in [0.25, 0.3) is 0 Å². The zero-order valence-corrected chi connectivity index (χ0v) is 12.7. The van der Waals surface area contributed by atoms with E-state index in [1.165, 1.54) is 6.07 Å². The first kappa shape index (κ1) is 15.4. The number of hydrogen-bond donors (Lipinski definition) is 3. The van der Waals surface area contributed by atoms with E-state index in [0.29, 0.717) is 11.3 Å². The van der Waals surface area contributed by atoms with E-state index in [4.69, 9.17) is 5.11 Å². The van der Waals surface area contributed by atoms with Crippen molar-refractivity contribution in [2.75, 3.05) is 5.32 Å². The fourth-order valence-electron chi connectivity index (χ4n) is 2.91. The lowest BCUT2D eigenvalue weighted by molar-refractivity contribution is 0.0696. The van der Waals surface area contributed by atoms with Crippen LogP contribution in [-0.2, 0) is 0 Å². The number of benzene rings is 1. The van der Waals surface area contributed by atoms with Gasteiger partial charge in [-0.25, -0.2) is 9.59 Å². The third kappa shape index (κ3) is 3.74. The van der Waals surface area contributed by atoms with E-state index >= 15 is 0 Å². The van der Waals surface area contributed by atoms with Crippen LogP contribution < -0.4 is 10.6 Å². The second kappa shape index (κ2) is 5.76. The van der Waals surface area contributed by atoms with Crippen molar-refractivity contribution in [1.82, 2.24) is 5.32 Å². The van der Waals surface area contributed by atoms with Gasteiger partial charge in [0.05, 0.1) is 5.56 Å². The highest BCUT2D eigenvalue weighted by Crippen LogP contribution is 2.36. The molecule has 0 heterocycles. The van der Waals surface area contributed by atoms with E-state index < -0.39 is 5.97 Å². The Bertz CT molecular complexity index is 567. The minimum absolute atomic E-state index is 0.183. The zero-order chi connectivity index (χ0) is 15.6. The molecule has 1 fully saturated rings. The quantitative estimate of drug-likeness (QED) is 0.798. The molecule has 5 nitrogen and oxygen atoms in total. The van der Waals surface area contributed by atoms with Gasteiger partial charge in [0.15, 0.2) is 0 Å². The highest BCUT2D eigenvalue weighted by atomic mass is 16.4. The molecule has 21 heavy (non-hydrogen) atoms. The largest absolute Gasteiger partial charge is 0.478 e. The van der Waals surface area contributed by atoms with Gasteiger partial charge >= 0.3 is 12.0 Å². The predicted octanol–water partition coefficient (Wildman–Crippen LogP) is 3.39. The Morgan fingerprint density at radius 3 is 2.62 bits per heavy atom. The summed E-state index contributed by atoms with van der Waals surface area (Å²) in [7, 11) is 0.